The molecule has 0 spiro atoms. The molecule has 3 aromatic rings. The maximum Gasteiger partial charge on any atom is 0.143 e. The molecule has 0 aromatic carbocycles. The SMILES string of the molecule is CCc1nccn1C1CCCN(c2nc(C)nc3[nH]ccc23)C1. The number of fused-ring (bicyclic) bond motifs is 1. The first-order valence-corrected chi connectivity index (χ1v) is 8.34. The fourth-order valence-electron chi connectivity index (χ4n) is 3.60. The molecular formula is C17H22N6. The van der Waals surface area contributed by atoms with E-state index in [9.17, 15) is 0 Å². The summed E-state index contributed by atoms with van der Waals surface area (Å²) in [7, 11) is 0. The highest BCUT2D eigenvalue weighted by atomic mass is 15.2. The first kappa shape index (κ1) is 14.2. The third kappa shape index (κ3) is 2.48. The van der Waals surface area contributed by atoms with Gasteiger partial charge in [-0.1, -0.05) is 6.92 Å². The molecule has 3 aromatic heterocycles. The van der Waals surface area contributed by atoms with Gasteiger partial charge in [0.1, 0.15) is 23.1 Å². The van der Waals surface area contributed by atoms with Crippen LogP contribution in [0, 0.1) is 6.92 Å². The molecule has 0 radical (unpaired) electrons. The Hall–Kier alpha value is -2.37. The van der Waals surface area contributed by atoms with Crippen LogP contribution in [0.25, 0.3) is 11.0 Å². The second-order valence-electron chi connectivity index (χ2n) is 6.18. The number of aromatic amines is 1. The monoisotopic (exact) mass is 310 g/mol. The molecule has 1 saturated heterocycles. The van der Waals surface area contributed by atoms with Crippen LogP contribution in [0.3, 0.4) is 0 Å². The Morgan fingerprint density at radius 3 is 3.13 bits per heavy atom. The maximum atomic E-state index is 4.73. The highest BCUT2D eigenvalue weighted by Gasteiger charge is 2.25. The molecule has 1 fully saturated rings. The van der Waals surface area contributed by atoms with Gasteiger partial charge in [0.2, 0.25) is 0 Å². The number of H-pyrrole nitrogens is 1. The van der Waals surface area contributed by atoms with Gasteiger partial charge >= 0.3 is 0 Å². The van der Waals surface area contributed by atoms with Gasteiger partial charge in [-0.15, -0.1) is 0 Å². The van der Waals surface area contributed by atoms with E-state index in [1.54, 1.807) is 0 Å². The first-order valence-electron chi connectivity index (χ1n) is 8.34. The largest absolute Gasteiger partial charge is 0.354 e. The second kappa shape index (κ2) is 5.68. The van der Waals surface area contributed by atoms with Crippen LogP contribution in [0.15, 0.2) is 24.7 Å². The van der Waals surface area contributed by atoms with E-state index in [1.807, 2.05) is 19.3 Å². The number of hydrogen-bond acceptors (Lipinski definition) is 4. The van der Waals surface area contributed by atoms with Crippen LogP contribution < -0.4 is 4.90 Å². The van der Waals surface area contributed by atoms with Crippen LogP contribution in [0.4, 0.5) is 5.82 Å². The van der Waals surface area contributed by atoms with Crippen molar-refractivity contribution in [1.82, 2.24) is 24.5 Å². The number of rotatable bonds is 3. The molecule has 4 heterocycles. The number of imidazole rings is 1. The Labute approximate surface area is 135 Å². The fraction of sp³-hybridized carbons (Fsp3) is 0.471. The van der Waals surface area contributed by atoms with Gasteiger partial charge in [-0.2, -0.15) is 0 Å². The van der Waals surface area contributed by atoms with Crippen molar-refractivity contribution in [2.75, 3.05) is 18.0 Å². The molecule has 1 aliphatic heterocycles. The number of nitrogens with zero attached hydrogens (tertiary/aromatic N) is 5. The van der Waals surface area contributed by atoms with Crippen LogP contribution >= 0.6 is 0 Å². The van der Waals surface area contributed by atoms with E-state index in [0.717, 1.165) is 42.2 Å². The molecule has 0 amide bonds. The van der Waals surface area contributed by atoms with Crippen molar-refractivity contribution in [3.8, 4) is 0 Å². The number of hydrogen-bond donors (Lipinski definition) is 1. The molecule has 0 bridgehead atoms. The van der Waals surface area contributed by atoms with Crippen molar-refractivity contribution in [3.63, 3.8) is 0 Å². The molecule has 4 rings (SSSR count). The summed E-state index contributed by atoms with van der Waals surface area (Å²) >= 11 is 0. The van der Waals surface area contributed by atoms with E-state index in [4.69, 9.17) is 4.98 Å². The summed E-state index contributed by atoms with van der Waals surface area (Å²) < 4.78 is 2.34. The summed E-state index contributed by atoms with van der Waals surface area (Å²) in [5, 5.41) is 1.11. The third-order valence-corrected chi connectivity index (χ3v) is 4.66. The number of anilines is 1. The Bertz CT molecular complexity index is 817. The zero-order valence-electron chi connectivity index (χ0n) is 13.7. The van der Waals surface area contributed by atoms with Crippen molar-refractivity contribution in [3.05, 3.63) is 36.3 Å². The molecule has 23 heavy (non-hydrogen) atoms. The van der Waals surface area contributed by atoms with Gasteiger partial charge in [0.25, 0.3) is 0 Å². The molecule has 120 valence electrons. The van der Waals surface area contributed by atoms with Gasteiger partial charge in [0.15, 0.2) is 0 Å². The van der Waals surface area contributed by atoms with Crippen LogP contribution in [-0.2, 0) is 6.42 Å². The molecule has 0 aliphatic carbocycles. The van der Waals surface area contributed by atoms with Gasteiger partial charge in [0, 0.05) is 38.1 Å². The molecular weight excluding hydrogens is 288 g/mol. The Morgan fingerprint density at radius 1 is 1.35 bits per heavy atom. The summed E-state index contributed by atoms with van der Waals surface area (Å²) in [6.45, 7) is 6.14. The van der Waals surface area contributed by atoms with E-state index >= 15 is 0 Å². The molecule has 6 nitrogen and oxygen atoms in total. The van der Waals surface area contributed by atoms with Crippen LogP contribution in [-0.4, -0.2) is 37.6 Å². The minimum Gasteiger partial charge on any atom is -0.354 e. The molecule has 0 saturated carbocycles. The average molecular weight is 310 g/mol. The minimum absolute atomic E-state index is 0.463. The summed E-state index contributed by atoms with van der Waals surface area (Å²) in [6.07, 6.45) is 9.30. The number of piperidine rings is 1. The van der Waals surface area contributed by atoms with Crippen LogP contribution in [0.2, 0.25) is 0 Å². The molecule has 1 atom stereocenters. The summed E-state index contributed by atoms with van der Waals surface area (Å²) in [5.74, 6) is 3.04. The van der Waals surface area contributed by atoms with Crippen molar-refractivity contribution in [2.45, 2.75) is 39.2 Å². The number of aromatic nitrogens is 5. The lowest BCUT2D eigenvalue weighted by atomic mass is 10.0. The maximum absolute atomic E-state index is 4.73. The summed E-state index contributed by atoms with van der Waals surface area (Å²) in [5.41, 5.74) is 0.923. The quantitative estimate of drug-likeness (QED) is 0.808. The predicted molar refractivity (Wildman–Crippen MR) is 90.7 cm³/mol. The van der Waals surface area contributed by atoms with Crippen LogP contribution in [0.5, 0.6) is 0 Å². The van der Waals surface area contributed by atoms with Gasteiger partial charge in [-0.05, 0) is 25.8 Å². The fourth-order valence-corrected chi connectivity index (χ4v) is 3.60. The highest BCUT2D eigenvalue weighted by Crippen LogP contribution is 2.30. The lowest BCUT2D eigenvalue weighted by Crippen LogP contribution is -2.37. The highest BCUT2D eigenvalue weighted by molar-refractivity contribution is 5.87. The van der Waals surface area contributed by atoms with Gasteiger partial charge in [-0.3, -0.25) is 0 Å². The lowest BCUT2D eigenvalue weighted by Gasteiger charge is -2.35. The predicted octanol–water partition coefficient (Wildman–Crippen LogP) is 2.87. The molecule has 1 unspecified atom stereocenters. The molecule has 1 aliphatic rings. The number of nitrogens with one attached hydrogen (secondary N) is 1. The first-order chi connectivity index (χ1) is 11.3. The van der Waals surface area contributed by atoms with E-state index in [2.05, 4.69) is 43.6 Å². The van der Waals surface area contributed by atoms with Crippen molar-refractivity contribution in [1.29, 1.82) is 0 Å². The van der Waals surface area contributed by atoms with E-state index < -0.39 is 0 Å². The second-order valence-corrected chi connectivity index (χ2v) is 6.18. The standard InChI is InChI=1S/C17H22N6/c1-3-15-18-8-10-23(15)13-5-4-9-22(11-13)17-14-6-7-19-16(14)20-12(2)21-17/h6-8,10,13H,3-5,9,11H2,1-2H3,(H,19,20,21). The normalized spacial score (nSPS) is 18.7. The summed E-state index contributed by atoms with van der Waals surface area (Å²) in [4.78, 5) is 19.3. The zero-order chi connectivity index (χ0) is 15.8. The van der Waals surface area contributed by atoms with E-state index in [0.29, 0.717) is 6.04 Å². The Kier molecular flexibility index (Phi) is 3.52. The smallest absolute Gasteiger partial charge is 0.143 e. The Balaban J connectivity index is 1.68. The van der Waals surface area contributed by atoms with Crippen molar-refractivity contribution < 1.29 is 0 Å². The van der Waals surface area contributed by atoms with Gasteiger partial charge in [0.05, 0.1) is 11.4 Å². The average Bonchev–Trinajstić information content (AvgIpc) is 3.22. The number of aryl methyl sites for hydroxylation is 2. The molecule has 6 heteroatoms. The lowest BCUT2D eigenvalue weighted by molar-refractivity contribution is 0.395. The van der Waals surface area contributed by atoms with E-state index in [-0.39, 0.29) is 0 Å². The summed E-state index contributed by atoms with van der Waals surface area (Å²) in [6, 6.07) is 2.54. The third-order valence-electron chi connectivity index (χ3n) is 4.66. The Morgan fingerprint density at radius 2 is 2.26 bits per heavy atom. The zero-order valence-corrected chi connectivity index (χ0v) is 13.7. The van der Waals surface area contributed by atoms with E-state index in [1.165, 1.54) is 18.7 Å². The van der Waals surface area contributed by atoms with Crippen molar-refractivity contribution in [2.24, 2.45) is 0 Å². The van der Waals surface area contributed by atoms with Gasteiger partial charge in [-0.25, -0.2) is 15.0 Å². The van der Waals surface area contributed by atoms with Gasteiger partial charge < -0.3 is 14.5 Å². The minimum atomic E-state index is 0.463. The van der Waals surface area contributed by atoms with Crippen LogP contribution in [0.1, 0.15) is 37.5 Å². The topological polar surface area (TPSA) is 62.6 Å². The van der Waals surface area contributed by atoms with Crippen molar-refractivity contribution >= 4 is 16.9 Å². The molecule has 1 N–H and O–H groups in total.